The third kappa shape index (κ3) is 7.93. The number of allylic oxidation sites excluding steroid dienone is 2. The van der Waals surface area contributed by atoms with Crippen LogP contribution < -0.4 is 0 Å². The number of hydrogen-bond acceptors (Lipinski definition) is 5. The number of carbonyl (C=O) groups is 1. The summed E-state index contributed by atoms with van der Waals surface area (Å²) in [6.07, 6.45) is 7.26. The Morgan fingerprint density at radius 1 is 1.24 bits per heavy atom. The van der Waals surface area contributed by atoms with Crippen LogP contribution in [0.5, 0.6) is 0 Å². The average Bonchev–Trinajstić information content (AvgIpc) is 2.94. The lowest BCUT2D eigenvalue weighted by Gasteiger charge is -2.19. The average molecular weight is 425 g/mol. The number of unbranched alkanes of at least 4 members (excludes halogenated alkanes) is 1. The number of rotatable bonds is 11. The minimum Gasteiger partial charge on any atom is -0.481 e. The van der Waals surface area contributed by atoms with Crippen LogP contribution in [0.3, 0.4) is 0 Å². The number of aliphatic carboxylic acids is 1. The van der Waals surface area contributed by atoms with Crippen LogP contribution >= 0.6 is 11.8 Å². The molecule has 2 rings (SSSR count). The number of benzene rings is 1. The van der Waals surface area contributed by atoms with Gasteiger partial charge in [0.05, 0.1) is 18.3 Å². The topological polar surface area (TPSA) is 98.0 Å². The molecule has 0 amide bonds. The van der Waals surface area contributed by atoms with Crippen molar-refractivity contribution in [2.45, 2.75) is 55.3 Å². The molecule has 5 atom stereocenters. The lowest BCUT2D eigenvalue weighted by Crippen LogP contribution is -2.20. The summed E-state index contributed by atoms with van der Waals surface area (Å²) in [5.41, 5.74) is 0. The van der Waals surface area contributed by atoms with E-state index in [0.29, 0.717) is 24.2 Å². The fourth-order valence-corrected chi connectivity index (χ4v) is 4.34. The first-order valence-corrected chi connectivity index (χ1v) is 10.8. The number of carboxylic acid groups (broad SMARTS) is 1. The van der Waals surface area contributed by atoms with Crippen molar-refractivity contribution in [3.63, 3.8) is 0 Å². The van der Waals surface area contributed by atoms with Crippen molar-refractivity contribution in [1.29, 1.82) is 0 Å². The standard InChI is InChI=1S/C22H29FO5S/c23-18-8-5-6-9-21(18)29-14-15(24)11-12-17-16(19(25)13-20(17)26)7-3-1-2-4-10-22(27)28/h1,3,5-6,8-9,11-12,15-17,19-20,24-26H,2,4,7,10,13-14H2,(H,27,28)/t15-,16-,17-,19+,20-/m1/s1. The SMILES string of the molecule is O=C(O)CCCC=CC[C@@H]1[C@@H](C=C[C@@H](O)CSc2ccccc2F)[C@H](O)C[C@@H]1O. The third-order valence-corrected chi connectivity index (χ3v) is 6.20. The van der Waals surface area contributed by atoms with Gasteiger partial charge in [-0.1, -0.05) is 36.4 Å². The van der Waals surface area contributed by atoms with E-state index in [1.54, 1.807) is 30.4 Å². The van der Waals surface area contributed by atoms with E-state index in [1.165, 1.54) is 17.8 Å². The van der Waals surface area contributed by atoms with Crippen LogP contribution in [0.1, 0.15) is 32.1 Å². The summed E-state index contributed by atoms with van der Waals surface area (Å²) in [7, 11) is 0. The molecule has 1 aliphatic rings. The Kier molecular flexibility index (Phi) is 9.87. The molecule has 0 bridgehead atoms. The van der Waals surface area contributed by atoms with E-state index in [9.17, 15) is 24.5 Å². The molecule has 0 heterocycles. The van der Waals surface area contributed by atoms with Gasteiger partial charge in [0.1, 0.15) is 5.82 Å². The molecule has 7 heteroatoms. The van der Waals surface area contributed by atoms with E-state index in [0.717, 1.165) is 0 Å². The van der Waals surface area contributed by atoms with Crippen molar-refractivity contribution >= 4 is 17.7 Å². The number of aliphatic hydroxyl groups excluding tert-OH is 3. The van der Waals surface area contributed by atoms with Gasteiger partial charge in [0.25, 0.3) is 0 Å². The summed E-state index contributed by atoms with van der Waals surface area (Å²) in [5, 5.41) is 39.3. The number of carboxylic acids is 1. The third-order valence-electron chi connectivity index (χ3n) is 5.05. The first-order valence-electron chi connectivity index (χ1n) is 9.85. The Morgan fingerprint density at radius 2 is 2.00 bits per heavy atom. The number of halogens is 1. The Labute approximate surface area is 175 Å². The molecule has 0 saturated heterocycles. The molecule has 0 aliphatic heterocycles. The molecule has 1 aromatic rings. The summed E-state index contributed by atoms with van der Waals surface area (Å²) >= 11 is 1.22. The van der Waals surface area contributed by atoms with Crippen LogP contribution in [-0.2, 0) is 4.79 Å². The van der Waals surface area contributed by atoms with Crippen LogP contribution in [-0.4, -0.2) is 50.5 Å². The molecule has 0 unspecified atom stereocenters. The van der Waals surface area contributed by atoms with Gasteiger partial charge in [-0.3, -0.25) is 4.79 Å². The normalized spacial score (nSPS) is 25.8. The lowest BCUT2D eigenvalue weighted by molar-refractivity contribution is -0.137. The van der Waals surface area contributed by atoms with Crippen molar-refractivity contribution in [2.24, 2.45) is 11.8 Å². The highest BCUT2D eigenvalue weighted by atomic mass is 32.2. The second-order valence-electron chi connectivity index (χ2n) is 7.30. The van der Waals surface area contributed by atoms with Gasteiger partial charge in [-0.25, -0.2) is 4.39 Å². The molecule has 0 radical (unpaired) electrons. The van der Waals surface area contributed by atoms with Crippen LogP contribution in [0, 0.1) is 17.7 Å². The highest BCUT2D eigenvalue weighted by Crippen LogP contribution is 2.36. The minimum atomic E-state index is -0.815. The maximum absolute atomic E-state index is 13.6. The lowest BCUT2D eigenvalue weighted by atomic mass is 9.89. The van der Waals surface area contributed by atoms with Gasteiger partial charge in [0, 0.05) is 29.4 Å². The molecule has 5 nitrogen and oxygen atoms in total. The van der Waals surface area contributed by atoms with Gasteiger partial charge in [-0.15, -0.1) is 11.8 Å². The molecule has 4 N–H and O–H groups in total. The molecule has 1 aromatic carbocycles. The van der Waals surface area contributed by atoms with Gasteiger partial charge < -0.3 is 20.4 Å². The van der Waals surface area contributed by atoms with E-state index in [2.05, 4.69) is 0 Å². The Hall–Kier alpha value is -1.67. The van der Waals surface area contributed by atoms with Crippen molar-refractivity contribution in [1.82, 2.24) is 0 Å². The quantitative estimate of drug-likeness (QED) is 0.247. The van der Waals surface area contributed by atoms with Crippen LogP contribution in [0.2, 0.25) is 0 Å². The van der Waals surface area contributed by atoms with Gasteiger partial charge in [0.15, 0.2) is 0 Å². The monoisotopic (exact) mass is 424 g/mol. The van der Waals surface area contributed by atoms with Crippen molar-refractivity contribution in [3.8, 4) is 0 Å². The first kappa shape index (κ1) is 23.6. The fraction of sp³-hybridized carbons (Fsp3) is 0.500. The maximum atomic E-state index is 13.6. The van der Waals surface area contributed by atoms with E-state index in [-0.39, 0.29) is 36.2 Å². The van der Waals surface area contributed by atoms with Crippen LogP contribution in [0.4, 0.5) is 4.39 Å². The predicted octanol–water partition coefficient (Wildman–Crippen LogP) is 3.39. The summed E-state index contributed by atoms with van der Waals surface area (Å²) < 4.78 is 13.6. The molecule has 160 valence electrons. The molecule has 1 saturated carbocycles. The van der Waals surface area contributed by atoms with Crippen LogP contribution in [0.25, 0.3) is 0 Å². The van der Waals surface area contributed by atoms with Crippen molar-refractivity contribution < 1.29 is 29.6 Å². The molecular formula is C22H29FO5S. The second-order valence-corrected chi connectivity index (χ2v) is 8.36. The molecule has 29 heavy (non-hydrogen) atoms. The number of thioether (sulfide) groups is 1. The van der Waals surface area contributed by atoms with Crippen LogP contribution in [0.15, 0.2) is 53.5 Å². The second kappa shape index (κ2) is 12.1. The minimum absolute atomic E-state index is 0.128. The van der Waals surface area contributed by atoms with Crippen molar-refractivity contribution in [3.05, 3.63) is 54.4 Å². The smallest absolute Gasteiger partial charge is 0.303 e. The summed E-state index contributed by atoms with van der Waals surface area (Å²) in [5.74, 6) is -1.29. The Bertz CT molecular complexity index is 708. The van der Waals surface area contributed by atoms with E-state index < -0.39 is 24.3 Å². The number of hydrogen-bond donors (Lipinski definition) is 4. The zero-order valence-corrected chi connectivity index (χ0v) is 17.0. The molecule has 0 spiro atoms. The molecular weight excluding hydrogens is 395 g/mol. The highest BCUT2D eigenvalue weighted by molar-refractivity contribution is 7.99. The van der Waals surface area contributed by atoms with Gasteiger partial charge in [-0.05, 0) is 37.3 Å². The summed E-state index contributed by atoms with van der Waals surface area (Å²) in [6.45, 7) is 0. The first-order chi connectivity index (χ1) is 13.9. The van der Waals surface area contributed by atoms with Gasteiger partial charge in [-0.2, -0.15) is 0 Å². The zero-order chi connectivity index (χ0) is 21.2. The van der Waals surface area contributed by atoms with E-state index in [1.807, 2.05) is 12.2 Å². The zero-order valence-electron chi connectivity index (χ0n) is 16.2. The Morgan fingerprint density at radius 3 is 2.72 bits per heavy atom. The van der Waals surface area contributed by atoms with Crippen molar-refractivity contribution in [2.75, 3.05) is 5.75 Å². The summed E-state index contributed by atoms with van der Waals surface area (Å²) in [4.78, 5) is 11.0. The largest absolute Gasteiger partial charge is 0.481 e. The Balaban J connectivity index is 1.84. The van der Waals surface area contributed by atoms with E-state index in [4.69, 9.17) is 5.11 Å². The predicted molar refractivity (Wildman–Crippen MR) is 111 cm³/mol. The highest BCUT2D eigenvalue weighted by Gasteiger charge is 2.39. The summed E-state index contributed by atoms with van der Waals surface area (Å²) in [6, 6.07) is 6.39. The molecule has 1 aliphatic carbocycles. The van der Waals surface area contributed by atoms with Gasteiger partial charge >= 0.3 is 5.97 Å². The molecule has 1 fully saturated rings. The maximum Gasteiger partial charge on any atom is 0.303 e. The molecule has 0 aromatic heterocycles. The van der Waals surface area contributed by atoms with Gasteiger partial charge in [0.2, 0.25) is 0 Å². The number of aliphatic hydroxyl groups is 3. The fourth-order valence-electron chi connectivity index (χ4n) is 3.50. The van der Waals surface area contributed by atoms with E-state index >= 15 is 0 Å².